The van der Waals surface area contributed by atoms with E-state index in [0.29, 0.717) is 13.0 Å². The number of nitrogens with one attached hydrogen (secondary N) is 2. The molecule has 2 amide bonds. The Morgan fingerprint density at radius 1 is 1.25 bits per heavy atom. The first-order valence-corrected chi connectivity index (χ1v) is 10.3. The average Bonchev–Trinajstić information content (AvgIpc) is 2.98. The lowest BCUT2D eigenvalue weighted by Crippen LogP contribution is -2.51. The molecule has 28 heavy (non-hydrogen) atoms. The maximum absolute atomic E-state index is 12.8. The molecule has 2 aliphatic heterocycles. The van der Waals surface area contributed by atoms with Crippen molar-refractivity contribution in [3.8, 4) is 0 Å². The van der Waals surface area contributed by atoms with Crippen LogP contribution >= 0.6 is 0 Å². The van der Waals surface area contributed by atoms with Gasteiger partial charge >= 0.3 is 0 Å². The van der Waals surface area contributed by atoms with Gasteiger partial charge in [0.25, 0.3) is 0 Å². The fraction of sp³-hybridized carbons (Fsp3) is 0.636. The third kappa shape index (κ3) is 5.11. The molecule has 3 unspecified atom stereocenters. The zero-order valence-corrected chi connectivity index (χ0v) is 17.6. The Morgan fingerprint density at radius 2 is 1.96 bits per heavy atom. The number of rotatable bonds is 5. The Balaban J connectivity index is 1.59. The maximum atomic E-state index is 12.8. The second-order valence-corrected chi connectivity index (χ2v) is 9.35. The van der Waals surface area contributed by atoms with Gasteiger partial charge in [0.15, 0.2) is 0 Å². The molecule has 3 atom stereocenters. The SMILES string of the molecule is CN1C(CCC(=O)Nc2ccccc2)CNC(=O)C2C1CCN2CC(C)(C)C. The molecule has 0 aromatic heterocycles. The fourth-order valence-electron chi connectivity index (χ4n) is 4.48. The summed E-state index contributed by atoms with van der Waals surface area (Å²) in [6.45, 7) is 9.11. The summed E-state index contributed by atoms with van der Waals surface area (Å²) >= 11 is 0. The van der Waals surface area contributed by atoms with Gasteiger partial charge in [0, 0.05) is 43.8 Å². The van der Waals surface area contributed by atoms with Gasteiger partial charge in [0.05, 0.1) is 0 Å². The number of fused-ring (bicyclic) bond motifs is 1. The van der Waals surface area contributed by atoms with Crippen LogP contribution in [0, 0.1) is 5.41 Å². The molecule has 0 bridgehead atoms. The largest absolute Gasteiger partial charge is 0.353 e. The van der Waals surface area contributed by atoms with Gasteiger partial charge in [-0.2, -0.15) is 0 Å². The minimum atomic E-state index is -0.0904. The number of carbonyl (C=O) groups excluding carboxylic acids is 2. The van der Waals surface area contributed by atoms with Crippen molar-refractivity contribution in [3.05, 3.63) is 30.3 Å². The molecular weight excluding hydrogens is 352 g/mol. The van der Waals surface area contributed by atoms with Crippen LogP contribution in [0.5, 0.6) is 0 Å². The number of carbonyl (C=O) groups is 2. The van der Waals surface area contributed by atoms with Crippen LogP contribution in [0.1, 0.15) is 40.0 Å². The summed E-state index contributed by atoms with van der Waals surface area (Å²) in [5.74, 6) is 0.155. The van der Waals surface area contributed by atoms with Crippen molar-refractivity contribution in [1.29, 1.82) is 0 Å². The van der Waals surface area contributed by atoms with Gasteiger partial charge in [-0.1, -0.05) is 39.0 Å². The topological polar surface area (TPSA) is 64.7 Å². The highest BCUT2D eigenvalue weighted by molar-refractivity contribution is 5.90. The molecule has 6 heteroatoms. The summed E-state index contributed by atoms with van der Waals surface area (Å²) in [5, 5.41) is 6.08. The van der Waals surface area contributed by atoms with E-state index in [1.165, 1.54) is 0 Å². The minimum Gasteiger partial charge on any atom is -0.353 e. The molecule has 1 aromatic carbocycles. The number of hydrogen-bond donors (Lipinski definition) is 2. The van der Waals surface area contributed by atoms with Crippen molar-refractivity contribution in [2.45, 2.75) is 58.2 Å². The molecule has 0 spiro atoms. The molecule has 2 heterocycles. The number of likely N-dealkylation sites (N-methyl/N-ethyl adjacent to an activating group) is 1. The fourth-order valence-corrected chi connectivity index (χ4v) is 4.48. The van der Waals surface area contributed by atoms with Crippen molar-refractivity contribution < 1.29 is 9.59 Å². The number of anilines is 1. The first kappa shape index (κ1) is 20.8. The quantitative estimate of drug-likeness (QED) is 0.815. The van der Waals surface area contributed by atoms with Crippen LogP contribution in [0.4, 0.5) is 5.69 Å². The molecule has 0 aliphatic carbocycles. The molecule has 2 saturated heterocycles. The molecule has 154 valence electrons. The highest BCUT2D eigenvalue weighted by Crippen LogP contribution is 2.30. The van der Waals surface area contributed by atoms with Gasteiger partial charge in [0.1, 0.15) is 6.04 Å². The van der Waals surface area contributed by atoms with E-state index in [2.05, 4.69) is 48.3 Å². The molecule has 2 aliphatic rings. The Kier molecular flexibility index (Phi) is 6.40. The normalized spacial score (nSPS) is 26.4. The highest BCUT2D eigenvalue weighted by Gasteiger charge is 2.45. The van der Waals surface area contributed by atoms with Gasteiger partial charge in [-0.25, -0.2) is 0 Å². The van der Waals surface area contributed by atoms with E-state index in [1.54, 1.807) is 0 Å². The van der Waals surface area contributed by atoms with E-state index < -0.39 is 0 Å². The summed E-state index contributed by atoms with van der Waals surface area (Å²) in [5.41, 5.74) is 0.985. The van der Waals surface area contributed by atoms with Crippen molar-refractivity contribution in [1.82, 2.24) is 15.1 Å². The number of likely N-dealkylation sites (tertiary alicyclic amines) is 1. The number of para-hydroxylation sites is 1. The zero-order valence-electron chi connectivity index (χ0n) is 17.6. The van der Waals surface area contributed by atoms with E-state index in [-0.39, 0.29) is 35.4 Å². The molecule has 2 N–H and O–H groups in total. The van der Waals surface area contributed by atoms with Crippen LogP contribution < -0.4 is 10.6 Å². The van der Waals surface area contributed by atoms with Crippen LogP contribution in [-0.2, 0) is 9.59 Å². The molecule has 0 radical (unpaired) electrons. The second-order valence-electron chi connectivity index (χ2n) is 9.35. The number of hydrogen-bond acceptors (Lipinski definition) is 4. The maximum Gasteiger partial charge on any atom is 0.239 e. The Bertz CT molecular complexity index is 686. The Hall–Kier alpha value is -1.92. The first-order valence-electron chi connectivity index (χ1n) is 10.3. The summed E-state index contributed by atoms with van der Waals surface area (Å²) in [6, 6.07) is 9.84. The van der Waals surface area contributed by atoms with Gasteiger partial charge in [-0.15, -0.1) is 0 Å². The third-order valence-electron chi connectivity index (χ3n) is 5.79. The van der Waals surface area contributed by atoms with Crippen molar-refractivity contribution in [2.75, 3.05) is 32.0 Å². The average molecular weight is 387 g/mol. The number of nitrogens with zero attached hydrogens (tertiary/aromatic N) is 2. The molecule has 2 fully saturated rings. The monoisotopic (exact) mass is 386 g/mol. The lowest BCUT2D eigenvalue weighted by atomic mass is 9.95. The predicted octanol–water partition coefficient (Wildman–Crippen LogP) is 2.32. The van der Waals surface area contributed by atoms with Crippen LogP contribution in [0.3, 0.4) is 0 Å². The zero-order chi connectivity index (χ0) is 20.3. The molecule has 3 rings (SSSR count). The molecule has 0 saturated carbocycles. The second kappa shape index (κ2) is 8.62. The predicted molar refractivity (Wildman–Crippen MR) is 112 cm³/mol. The van der Waals surface area contributed by atoms with Gasteiger partial charge < -0.3 is 10.6 Å². The van der Waals surface area contributed by atoms with Gasteiger partial charge in [-0.05, 0) is 37.4 Å². The van der Waals surface area contributed by atoms with Crippen LogP contribution in [-0.4, -0.2) is 66.4 Å². The van der Waals surface area contributed by atoms with E-state index >= 15 is 0 Å². The van der Waals surface area contributed by atoms with Crippen molar-refractivity contribution in [2.24, 2.45) is 5.41 Å². The summed E-state index contributed by atoms with van der Waals surface area (Å²) in [6.07, 6.45) is 2.18. The minimum absolute atomic E-state index is 0.0208. The first-order chi connectivity index (χ1) is 13.2. The van der Waals surface area contributed by atoms with Crippen LogP contribution in [0.2, 0.25) is 0 Å². The lowest BCUT2D eigenvalue weighted by Gasteiger charge is -2.34. The van der Waals surface area contributed by atoms with E-state index in [9.17, 15) is 9.59 Å². The molecule has 1 aromatic rings. The van der Waals surface area contributed by atoms with Crippen molar-refractivity contribution in [3.63, 3.8) is 0 Å². The summed E-state index contributed by atoms with van der Waals surface area (Å²) in [7, 11) is 2.11. The number of benzene rings is 1. The van der Waals surface area contributed by atoms with E-state index in [4.69, 9.17) is 0 Å². The van der Waals surface area contributed by atoms with E-state index in [1.807, 2.05) is 30.3 Å². The van der Waals surface area contributed by atoms with Crippen LogP contribution in [0.15, 0.2) is 30.3 Å². The third-order valence-corrected chi connectivity index (χ3v) is 5.79. The van der Waals surface area contributed by atoms with Gasteiger partial charge in [0.2, 0.25) is 11.8 Å². The lowest BCUT2D eigenvalue weighted by molar-refractivity contribution is -0.126. The molecular formula is C22H34N4O2. The smallest absolute Gasteiger partial charge is 0.239 e. The van der Waals surface area contributed by atoms with Crippen LogP contribution in [0.25, 0.3) is 0 Å². The van der Waals surface area contributed by atoms with Crippen molar-refractivity contribution >= 4 is 17.5 Å². The van der Waals surface area contributed by atoms with Gasteiger partial charge in [-0.3, -0.25) is 19.4 Å². The Labute approximate surface area is 168 Å². The number of amides is 2. The Morgan fingerprint density at radius 3 is 2.64 bits per heavy atom. The summed E-state index contributed by atoms with van der Waals surface area (Å²) in [4.78, 5) is 29.8. The van der Waals surface area contributed by atoms with E-state index in [0.717, 1.165) is 31.6 Å². The molecule has 6 nitrogen and oxygen atoms in total. The highest BCUT2D eigenvalue weighted by atomic mass is 16.2. The standard InChI is InChI=1S/C22H34N4O2/c1-22(2,3)15-26-13-12-18-20(26)21(28)23-14-17(25(18)4)10-11-19(27)24-16-8-6-5-7-9-16/h5-9,17-18,20H,10-15H2,1-4H3,(H,23,28)(H,24,27). The summed E-state index contributed by atoms with van der Waals surface area (Å²) < 4.78 is 0.